The van der Waals surface area contributed by atoms with E-state index in [2.05, 4.69) is 11.6 Å². The van der Waals surface area contributed by atoms with Gasteiger partial charge in [-0.1, -0.05) is 20.8 Å². The summed E-state index contributed by atoms with van der Waals surface area (Å²) in [4.78, 5) is 26.8. The minimum atomic E-state index is -0.638. The summed E-state index contributed by atoms with van der Waals surface area (Å²) < 4.78 is 0. The molecule has 1 atom stereocenters. The van der Waals surface area contributed by atoms with Crippen LogP contribution in [0.15, 0.2) is 0 Å². The van der Waals surface area contributed by atoms with Gasteiger partial charge in [-0.2, -0.15) is 11.8 Å². The molecule has 110 valence electrons. The van der Waals surface area contributed by atoms with Crippen molar-refractivity contribution in [2.75, 3.05) is 18.6 Å². The van der Waals surface area contributed by atoms with Gasteiger partial charge in [-0.25, -0.2) is 0 Å². The number of hydrogen-bond donors (Lipinski definition) is 1. The molecule has 0 bridgehead atoms. The maximum atomic E-state index is 12.5. The van der Waals surface area contributed by atoms with Gasteiger partial charge in [0.05, 0.1) is 0 Å². The van der Waals surface area contributed by atoms with Crippen molar-refractivity contribution in [1.82, 2.24) is 10.2 Å². The van der Waals surface area contributed by atoms with Crippen LogP contribution in [0.4, 0.5) is 0 Å². The zero-order valence-corrected chi connectivity index (χ0v) is 13.3. The van der Waals surface area contributed by atoms with Crippen LogP contribution in [0.25, 0.3) is 0 Å². The molecule has 1 aliphatic rings. The largest absolute Gasteiger partial charge is 0.342 e. The lowest BCUT2D eigenvalue weighted by Gasteiger charge is -2.47. The molecule has 0 aromatic heterocycles. The lowest BCUT2D eigenvalue weighted by molar-refractivity contribution is -0.158. The van der Waals surface area contributed by atoms with Crippen LogP contribution in [-0.4, -0.2) is 46.8 Å². The SMILES string of the molecule is CCC1NC(=O)C(CC)(CC)N(CCCSC)C1=O. The average molecular weight is 286 g/mol. The van der Waals surface area contributed by atoms with Crippen molar-refractivity contribution in [3.63, 3.8) is 0 Å². The monoisotopic (exact) mass is 286 g/mol. The first-order chi connectivity index (χ1) is 9.07. The van der Waals surface area contributed by atoms with Gasteiger partial charge in [0.2, 0.25) is 11.8 Å². The lowest BCUT2D eigenvalue weighted by atomic mass is 9.85. The third kappa shape index (κ3) is 3.07. The van der Waals surface area contributed by atoms with Gasteiger partial charge < -0.3 is 10.2 Å². The number of rotatable bonds is 7. The number of nitrogens with one attached hydrogen (secondary N) is 1. The fraction of sp³-hybridized carbons (Fsp3) is 0.857. The molecule has 0 spiro atoms. The molecule has 2 amide bonds. The number of carbonyl (C=O) groups excluding carboxylic acids is 2. The van der Waals surface area contributed by atoms with E-state index in [1.165, 1.54) is 0 Å². The minimum Gasteiger partial charge on any atom is -0.342 e. The highest BCUT2D eigenvalue weighted by Crippen LogP contribution is 2.29. The van der Waals surface area contributed by atoms with Crippen molar-refractivity contribution in [3.8, 4) is 0 Å². The van der Waals surface area contributed by atoms with Gasteiger partial charge in [0, 0.05) is 6.54 Å². The fourth-order valence-electron chi connectivity index (χ4n) is 2.80. The Balaban J connectivity index is 2.97. The highest BCUT2D eigenvalue weighted by Gasteiger charge is 2.49. The Morgan fingerprint density at radius 2 is 1.89 bits per heavy atom. The van der Waals surface area contributed by atoms with E-state index in [0.29, 0.717) is 25.8 Å². The summed E-state index contributed by atoms with van der Waals surface area (Å²) in [6, 6.07) is -0.340. The molecular formula is C14H26N2O2S. The predicted octanol–water partition coefficient (Wildman–Crippen LogP) is 2.04. The number of carbonyl (C=O) groups is 2. The van der Waals surface area contributed by atoms with E-state index >= 15 is 0 Å². The van der Waals surface area contributed by atoms with Crippen molar-refractivity contribution in [1.29, 1.82) is 0 Å². The first kappa shape index (κ1) is 16.3. The van der Waals surface area contributed by atoms with Crippen LogP contribution in [0.2, 0.25) is 0 Å². The molecule has 1 unspecified atom stereocenters. The van der Waals surface area contributed by atoms with Crippen molar-refractivity contribution in [2.45, 2.75) is 58.0 Å². The number of hydrogen-bond acceptors (Lipinski definition) is 3. The van der Waals surface area contributed by atoms with Gasteiger partial charge >= 0.3 is 0 Å². The van der Waals surface area contributed by atoms with E-state index in [-0.39, 0.29) is 17.9 Å². The van der Waals surface area contributed by atoms with Crippen LogP contribution >= 0.6 is 11.8 Å². The van der Waals surface area contributed by atoms with Gasteiger partial charge in [-0.05, 0) is 37.7 Å². The summed E-state index contributed by atoms with van der Waals surface area (Å²) >= 11 is 1.78. The zero-order chi connectivity index (χ0) is 14.5. The number of amides is 2. The Bertz CT molecular complexity index is 329. The standard InChI is InChI=1S/C14H26N2O2S/c1-5-11-12(17)16(9-8-10-19-4)14(6-2,7-3)13(18)15-11/h11H,5-10H2,1-4H3,(H,15,18). The molecule has 1 N–H and O–H groups in total. The molecule has 5 heteroatoms. The second kappa shape index (κ2) is 7.17. The van der Waals surface area contributed by atoms with E-state index < -0.39 is 5.54 Å². The molecule has 1 fully saturated rings. The third-order valence-electron chi connectivity index (χ3n) is 4.12. The Morgan fingerprint density at radius 3 is 2.37 bits per heavy atom. The first-order valence-electron chi connectivity index (χ1n) is 7.18. The second-order valence-corrected chi connectivity index (χ2v) is 5.99. The molecule has 1 saturated heterocycles. The first-order valence-corrected chi connectivity index (χ1v) is 8.58. The summed E-state index contributed by atoms with van der Waals surface area (Å²) in [7, 11) is 0. The second-order valence-electron chi connectivity index (χ2n) is 5.01. The normalized spacial score (nSPS) is 22.5. The average Bonchev–Trinajstić information content (AvgIpc) is 2.43. The highest BCUT2D eigenvalue weighted by atomic mass is 32.2. The molecule has 0 aliphatic carbocycles. The van der Waals surface area contributed by atoms with Gasteiger partial charge in [0.25, 0.3) is 0 Å². The van der Waals surface area contributed by atoms with E-state index in [1.54, 1.807) is 11.8 Å². The van der Waals surface area contributed by atoms with E-state index in [9.17, 15) is 9.59 Å². The van der Waals surface area contributed by atoms with Crippen LogP contribution in [0.5, 0.6) is 0 Å². The maximum Gasteiger partial charge on any atom is 0.246 e. The quantitative estimate of drug-likeness (QED) is 0.729. The summed E-state index contributed by atoms with van der Waals surface area (Å²) in [5, 5.41) is 2.89. The van der Waals surface area contributed by atoms with E-state index in [4.69, 9.17) is 0 Å². The number of piperazine rings is 1. The predicted molar refractivity (Wildman–Crippen MR) is 80.2 cm³/mol. The van der Waals surface area contributed by atoms with Crippen LogP contribution < -0.4 is 5.32 Å². The molecule has 0 aromatic carbocycles. The topological polar surface area (TPSA) is 49.4 Å². The van der Waals surface area contributed by atoms with Crippen LogP contribution in [0.3, 0.4) is 0 Å². The summed E-state index contributed by atoms with van der Waals surface area (Å²) in [6.07, 6.45) is 5.02. The molecule has 4 nitrogen and oxygen atoms in total. The highest BCUT2D eigenvalue weighted by molar-refractivity contribution is 7.98. The molecule has 1 rings (SSSR count). The van der Waals surface area contributed by atoms with Gasteiger partial charge in [0.1, 0.15) is 11.6 Å². The molecule has 1 aliphatic heterocycles. The van der Waals surface area contributed by atoms with Gasteiger partial charge in [-0.3, -0.25) is 9.59 Å². The molecule has 0 saturated carbocycles. The van der Waals surface area contributed by atoms with E-state index in [1.807, 2.05) is 25.7 Å². The van der Waals surface area contributed by atoms with Crippen LogP contribution in [0.1, 0.15) is 46.5 Å². The zero-order valence-electron chi connectivity index (χ0n) is 12.5. The summed E-state index contributed by atoms with van der Waals surface area (Å²) in [6.45, 7) is 6.60. The van der Waals surface area contributed by atoms with Gasteiger partial charge in [0.15, 0.2) is 0 Å². The van der Waals surface area contributed by atoms with Crippen molar-refractivity contribution in [2.24, 2.45) is 0 Å². The van der Waals surface area contributed by atoms with Gasteiger partial charge in [-0.15, -0.1) is 0 Å². The Morgan fingerprint density at radius 1 is 1.26 bits per heavy atom. The van der Waals surface area contributed by atoms with Crippen molar-refractivity contribution < 1.29 is 9.59 Å². The molecule has 1 heterocycles. The molecular weight excluding hydrogens is 260 g/mol. The Kier molecular flexibility index (Phi) is 6.17. The smallest absolute Gasteiger partial charge is 0.246 e. The van der Waals surface area contributed by atoms with Crippen LogP contribution in [-0.2, 0) is 9.59 Å². The lowest BCUT2D eigenvalue weighted by Crippen LogP contribution is -2.70. The molecule has 19 heavy (non-hydrogen) atoms. The fourth-order valence-corrected chi connectivity index (χ4v) is 3.21. The number of thioether (sulfide) groups is 1. The third-order valence-corrected chi connectivity index (χ3v) is 4.81. The van der Waals surface area contributed by atoms with Crippen LogP contribution in [0, 0.1) is 0 Å². The van der Waals surface area contributed by atoms with Crippen molar-refractivity contribution >= 4 is 23.6 Å². The number of nitrogens with zero attached hydrogens (tertiary/aromatic N) is 1. The summed E-state index contributed by atoms with van der Waals surface area (Å²) in [5.41, 5.74) is -0.638. The minimum absolute atomic E-state index is 0.0214. The van der Waals surface area contributed by atoms with Crippen molar-refractivity contribution in [3.05, 3.63) is 0 Å². The maximum absolute atomic E-state index is 12.5. The Hall–Kier alpha value is -0.710. The van der Waals surface area contributed by atoms with E-state index in [0.717, 1.165) is 12.2 Å². The Labute approximate surface area is 120 Å². The molecule has 0 aromatic rings. The summed E-state index contributed by atoms with van der Waals surface area (Å²) in [5.74, 6) is 1.13. The molecule has 0 radical (unpaired) electrons.